The van der Waals surface area contributed by atoms with Gasteiger partial charge in [0, 0.05) is 17.0 Å². The standard InChI is InChI=1S/C16H19NO3S/c1-2-3-4-8-15(18)17-13-6-5-7-14(11-13)21-16-12-19-9-10-20-16/h5-7,9-12H,2-4,8H2,1H3,(H,17,18). The molecule has 0 aliphatic carbocycles. The number of unbranched alkanes of at least 4 members (excludes halogenated alkanes) is 2. The Morgan fingerprint density at radius 3 is 2.95 bits per heavy atom. The first-order valence-electron chi connectivity index (χ1n) is 7.03. The third kappa shape index (κ3) is 5.55. The molecule has 0 spiro atoms. The van der Waals surface area contributed by atoms with E-state index in [1.54, 1.807) is 6.26 Å². The van der Waals surface area contributed by atoms with Crippen molar-refractivity contribution in [3.05, 3.63) is 48.1 Å². The Morgan fingerprint density at radius 2 is 2.19 bits per heavy atom. The van der Waals surface area contributed by atoms with Crippen molar-refractivity contribution in [3.63, 3.8) is 0 Å². The third-order valence-electron chi connectivity index (χ3n) is 2.83. The van der Waals surface area contributed by atoms with Crippen molar-refractivity contribution in [1.29, 1.82) is 0 Å². The van der Waals surface area contributed by atoms with Crippen LogP contribution in [0.4, 0.5) is 5.69 Å². The number of rotatable bonds is 7. The average molecular weight is 305 g/mol. The Hall–Kier alpha value is -1.88. The molecule has 0 atom stereocenters. The van der Waals surface area contributed by atoms with E-state index in [-0.39, 0.29) is 5.91 Å². The van der Waals surface area contributed by atoms with Crippen LogP contribution in [0.15, 0.2) is 53.0 Å². The maximum Gasteiger partial charge on any atom is 0.224 e. The van der Waals surface area contributed by atoms with E-state index in [9.17, 15) is 4.79 Å². The highest BCUT2D eigenvalue weighted by Crippen LogP contribution is 2.30. The van der Waals surface area contributed by atoms with E-state index >= 15 is 0 Å². The first-order valence-corrected chi connectivity index (χ1v) is 7.84. The van der Waals surface area contributed by atoms with E-state index in [1.807, 2.05) is 24.3 Å². The first-order chi connectivity index (χ1) is 10.3. The van der Waals surface area contributed by atoms with Gasteiger partial charge in [0.25, 0.3) is 0 Å². The van der Waals surface area contributed by atoms with E-state index in [0.29, 0.717) is 11.5 Å². The minimum Gasteiger partial charge on any atom is -0.465 e. The number of hydrogen-bond donors (Lipinski definition) is 1. The van der Waals surface area contributed by atoms with Gasteiger partial charge in [-0.25, -0.2) is 0 Å². The molecule has 0 radical (unpaired) electrons. The van der Waals surface area contributed by atoms with Crippen molar-refractivity contribution >= 4 is 23.4 Å². The zero-order valence-corrected chi connectivity index (χ0v) is 12.8. The van der Waals surface area contributed by atoms with Gasteiger partial charge in [-0.3, -0.25) is 4.79 Å². The Morgan fingerprint density at radius 1 is 1.29 bits per heavy atom. The summed E-state index contributed by atoms with van der Waals surface area (Å²) in [5.74, 6) is 0.0602. The van der Waals surface area contributed by atoms with Gasteiger partial charge in [0.05, 0.1) is 0 Å². The summed E-state index contributed by atoms with van der Waals surface area (Å²) in [5, 5.41) is 3.58. The number of carbonyl (C=O) groups excluding carboxylic acids is 1. The number of hydrogen-bond acceptors (Lipinski definition) is 4. The number of nitrogens with one attached hydrogen (secondary N) is 1. The lowest BCUT2D eigenvalue weighted by atomic mass is 10.2. The van der Waals surface area contributed by atoms with Crippen molar-refractivity contribution in [1.82, 2.24) is 0 Å². The van der Waals surface area contributed by atoms with Crippen LogP contribution >= 0.6 is 11.8 Å². The number of anilines is 1. The lowest BCUT2D eigenvalue weighted by Gasteiger charge is -2.10. The third-order valence-corrected chi connectivity index (χ3v) is 3.71. The van der Waals surface area contributed by atoms with Gasteiger partial charge in [0.1, 0.15) is 18.8 Å². The van der Waals surface area contributed by atoms with Crippen molar-refractivity contribution < 1.29 is 14.3 Å². The zero-order chi connectivity index (χ0) is 14.9. The van der Waals surface area contributed by atoms with E-state index < -0.39 is 0 Å². The first kappa shape index (κ1) is 15.5. The normalized spacial score (nSPS) is 13.1. The van der Waals surface area contributed by atoms with Crippen LogP contribution < -0.4 is 5.32 Å². The van der Waals surface area contributed by atoms with Crippen molar-refractivity contribution in [2.45, 2.75) is 37.5 Å². The fourth-order valence-electron chi connectivity index (χ4n) is 1.81. The summed E-state index contributed by atoms with van der Waals surface area (Å²) in [5.41, 5.74) is 0.800. The summed E-state index contributed by atoms with van der Waals surface area (Å²) >= 11 is 1.44. The lowest BCUT2D eigenvalue weighted by molar-refractivity contribution is -0.116. The van der Waals surface area contributed by atoms with Gasteiger partial charge in [-0.05, 0) is 36.4 Å². The molecule has 112 valence electrons. The van der Waals surface area contributed by atoms with Crippen LogP contribution in [0.25, 0.3) is 0 Å². The van der Waals surface area contributed by atoms with Gasteiger partial charge in [-0.2, -0.15) is 0 Å². The molecule has 1 aliphatic rings. The second-order valence-electron chi connectivity index (χ2n) is 4.60. The van der Waals surface area contributed by atoms with Gasteiger partial charge >= 0.3 is 0 Å². The molecule has 1 aromatic rings. The minimum atomic E-state index is 0.0602. The Labute approximate surface area is 129 Å². The quantitative estimate of drug-likeness (QED) is 0.747. The molecule has 0 saturated heterocycles. The summed E-state index contributed by atoms with van der Waals surface area (Å²) in [4.78, 5) is 12.8. The topological polar surface area (TPSA) is 47.6 Å². The highest BCUT2D eigenvalue weighted by atomic mass is 32.2. The predicted molar refractivity (Wildman–Crippen MR) is 84.5 cm³/mol. The van der Waals surface area contributed by atoms with Gasteiger partial charge in [-0.15, -0.1) is 0 Å². The second-order valence-corrected chi connectivity index (χ2v) is 5.68. The van der Waals surface area contributed by atoms with Crippen LogP contribution in [0, 0.1) is 0 Å². The highest BCUT2D eigenvalue weighted by molar-refractivity contribution is 8.02. The molecule has 1 heterocycles. The minimum absolute atomic E-state index is 0.0602. The molecule has 1 aromatic carbocycles. The molecule has 0 bridgehead atoms. The molecule has 4 nitrogen and oxygen atoms in total. The van der Waals surface area contributed by atoms with Crippen LogP contribution in [0.5, 0.6) is 0 Å². The molecule has 1 N–H and O–H groups in total. The molecular formula is C16H19NO3S. The molecule has 21 heavy (non-hydrogen) atoms. The monoisotopic (exact) mass is 305 g/mol. The van der Waals surface area contributed by atoms with Crippen molar-refractivity contribution in [3.8, 4) is 0 Å². The van der Waals surface area contributed by atoms with Crippen LogP contribution in [0.2, 0.25) is 0 Å². The largest absolute Gasteiger partial charge is 0.465 e. The van der Waals surface area contributed by atoms with Crippen LogP contribution in [-0.2, 0) is 14.3 Å². The van der Waals surface area contributed by atoms with E-state index in [2.05, 4.69) is 12.2 Å². The fraction of sp³-hybridized carbons (Fsp3) is 0.312. The smallest absolute Gasteiger partial charge is 0.224 e. The van der Waals surface area contributed by atoms with Crippen molar-refractivity contribution in [2.24, 2.45) is 0 Å². The molecule has 0 saturated carbocycles. The number of carbonyl (C=O) groups is 1. The van der Waals surface area contributed by atoms with E-state index in [1.165, 1.54) is 24.3 Å². The summed E-state index contributed by atoms with van der Waals surface area (Å²) in [6.45, 7) is 2.12. The number of ether oxygens (including phenoxy) is 2. The maximum atomic E-state index is 11.8. The zero-order valence-electron chi connectivity index (χ0n) is 12.0. The Bertz CT molecular complexity index is 540. The predicted octanol–water partition coefficient (Wildman–Crippen LogP) is 4.61. The van der Waals surface area contributed by atoms with Crippen LogP contribution in [-0.4, -0.2) is 5.91 Å². The summed E-state index contributed by atoms with van der Waals surface area (Å²) < 4.78 is 10.3. The molecular weight excluding hydrogens is 286 g/mol. The van der Waals surface area contributed by atoms with Crippen LogP contribution in [0.3, 0.4) is 0 Å². The SMILES string of the molecule is CCCCCC(=O)Nc1cccc(SC2=COC=CO2)c1. The molecule has 0 fully saturated rings. The fourth-order valence-corrected chi connectivity index (χ4v) is 2.58. The van der Waals surface area contributed by atoms with Gasteiger partial charge < -0.3 is 14.8 Å². The second kappa shape index (κ2) is 8.42. The molecule has 0 unspecified atom stereocenters. The van der Waals surface area contributed by atoms with E-state index in [4.69, 9.17) is 9.47 Å². The summed E-state index contributed by atoms with van der Waals surface area (Å²) in [6, 6.07) is 7.67. The van der Waals surface area contributed by atoms with Gasteiger partial charge in [-0.1, -0.05) is 25.8 Å². The molecule has 0 aromatic heterocycles. The van der Waals surface area contributed by atoms with Gasteiger partial charge in [0.15, 0.2) is 5.09 Å². The van der Waals surface area contributed by atoms with Crippen molar-refractivity contribution in [2.75, 3.05) is 5.32 Å². The molecule has 1 aliphatic heterocycles. The Balaban J connectivity index is 1.88. The Kier molecular flexibility index (Phi) is 6.22. The molecule has 1 amide bonds. The number of amides is 1. The summed E-state index contributed by atoms with van der Waals surface area (Å²) in [6.07, 6.45) is 8.20. The molecule has 2 rings (SSSR count). The number of benzene rings is 1. The van der Waals surface area contributed by atoms with Gasteiger partial charge in [0.2, 0.25) is 5.91 Å². The maximum absolute atomic E-state index is 11.8. The lowest BCUT2D eigenvalue weighted by Crippen LogP contribution is -2.10. The van der Waals surface area contributed by atoms with E-state index in [0.717, 1.165) is 29.8 Å². The average Bonchev–Trinajstić information content (AvgIpc) is 2.49. The molecule has 5 heteroatoms. The summed E-state index contributed by atoms with van der Waals surface area (Å²) in [7, 11) is 0. The van der Waals surface area contributed by atoms with Crippen LogP contribution in [0.1, 0.15) is 32.6 Å². The highest BCUT2D eigenvalue weighted by Gasteiger charge is 2.07. The number of thioether (sulfide) groups is 1.